The summed E-state index contributed by atoms with van der Waals surface area (Å²) < 4.78 is 34.3. The van der Waals surface area contributed by atoms with Crippen LogP contribution in [-0.2, 0) is 10.0 Å². The van der Waals surface area contributed by atoms with Gasteiger partial charge in [-0.25, -0.2) is 8.42 Å². The summed E-state index contributed by atoms with van der Waals surface area (Å²) in [6.07, 6.45) is -0.266. The van der Waals surface area contributed by atoms with Crippen LogP contribution in [0.15, 0.2) is 82.2 Å². The quantitative estimate of drug-likeness (QED) is 0.580. The fourth-order valence-corrected chi connectivity index (χ4v) is 5.27. The van der Waals surface area contributed by atoms with Crippen LogP contribution in [-0.4, -0.2) is 27.0 Å². The lowest BCUT2D eigenvalue weighted by molar-refractivity contribution is 0.102. The van der Waals surface area contributed by atoms with E-state index in [1.807, 2.05) is 19.1 Å². The molecule has 1 aliphatic heterocycles. The van der Waals surface area contributed by atoms with Gasteiger partial charge in [-0.1, -0.05) is 24.3 Å². The highest BCUT2D eigenvalue weighted by atomic mass is 79.9. The van der Waals surface area contributed by atoms with E-state index in [9.17, 15) is 13.2 Å². The van der Waals surface area contributed by atoms with Crippen molar-refractivity contribution in [2.24, 2.45) is 0 Å². The number of sulfonamides is 1. The molecule has 4 rings (SSSR count). The molecule has 0 fully saturated rings. The van der Waals surface area contributed by atoms with Crippen LogP contribution in [0.5, 0.6) is 5.75 Å². The van der Waals surface area contributed by atoms with E-state index in [4.69, 9.17) is 4.74 Å². The summed E-state index contributed by atoms with van der Waals surface area (Å²) in [5.74, 6) is 0.256. The zero-order chi connectivity index (χ0) is 21.3. The van der Waals surface area contributed by atoms with Gasteiger partial charge < -0.3 is 10.1 Å². The van der Waals surface area contributed by atoms with Crippen LogP contribution in [0.1, 0.15) is 17.3 Å². The van der Waals surface area contributed by atoms with Crippen LogP contribution in [0.25, 0.3) is 0 Å². The second-order valence-electron chi connectivity index (χ2n) is 6.89. The number of benzene rings is 3. The Morgan fingerprint density at radius 2 is 1.70 bits per heavy atom. The minimum absolute atomic E-state index is 0.144. The third kappa shape index (κ3) is 3.93. The molecule has 1 N–H and O–H groups in total. The van der Waals surface area contributed by atoms with Crippen molar-refractivity contribution in [3.63, 3.8) is 0 Å². The number of ether oxygens (including phenoxy) is 1. The first-order valence-electron chi connectivity index (χ1n) is 9.30. The molecule has 0 radical (unpaired) electrons. The zero-order valence-electron chi connectivity index (χ0n) is 16.1. The molecule has 30 heavy (non-hydrogen) atoms. The maximum absolute atomic E-state index is 13.3. The highest BCUT2D eigenvalue weighted by Gasteiger charge is 2.32. The van der Waals surface area contributed by atoms with E-state index in [-0.39, 0.29) is 23.5 Å². The standard InChI is InChI=1S/C22H19BrN2O4S/c1-15-14-25(20-8-4-5-9-21(20)29-15)30(27,28)17-12-10-16(11-13-17)24-22(26)18-6-2-3-7-19(18)23/h2-13,15H,14H2,1H3,(H,24,26)/t15-/m0/s1. The van der Waals surface area contributed by atoms with Crippen LogP contribution in [0, 0.1) is 0 Å². The van der Waals surface area contributed by atoms with Crippen LogP contribution in [0.3, 0.4) is 0 Å². The van der Waals surface area contributed by atoms with E-state index in [0.29, 0.717) is 27.2 Å². The van der Waals surface area contributed by atoms with Gasteiger partial charge in [-0.05, 0) is 71.4 Å². The molecule has 0 aliphatic carbocycles. The van der Waals surface area contributed by atoms with Crippen molar-refractivity contribution in [1.82, 2.24) is 0 Å². The molecule has 6 nitrogen and oxygen atoms in total. The number of nitrogens with one attached hydrogen (secondary N) is 1. The average molecular weight is 487 g/mol. The van der Waals surface area contributed by atoms with Gasteiger partial charge >= 0.3 is 0 Å². The Morgan fingerprint density at radius 1 is 1.03 bits per heavy atom. The van der Waals surface area contributed by atoms with Gasteiger partial charge in [0.1, 0.15) is 11.9 Å². The fraction of sp³-hybridized carbons (Fsp3) is 0.136. The van der Waals surface area contributed by atoms with Gasteiger partial charge in [-0.3, -0.25) is 9.10 Å². The second kappa shape index (κ2) is 8.12. The maximum Gasteiger partial charge on any atom is 0.264 e. The van der Waals surface area contributed by atoms with Crippen LogP contribution in [0.4, 0.5) is 11.4 Å². The van der Waals surface area contributed by atoms with E-state index in [2.05, 4.69) is 21.2 Å². The van der Waals surface area contributed by atoms with Crippen molar-refractivity contribution in [1.29, 1.82) is 0 Å². The zero-order valence-corrected chi connectivity index (χ0v) is 18.5. The lowest BCUT2D eigenvalue weighted by Crippen LogP contribution is -2.42. The van der Waals surface area contributed by atoms with E-state index in [1.165, 1.54) is 16.4 Å². The Kier molecular flexibility index (Phi) is 5.53. The van der Waals surface area contributed by atoms with E-state index < -0.39 is 10.0 Å². The highest BCUT2D eigenvalue weighted by Crippen LogP contribution is 2.36. The van der Waals surface area contributed by atoms with Gasteiger partial charge in [0.15, 0.2) is 0 Å². The Hall–Kier alpha value is -2.84. The Balaban J connectivity index is 1.58. The Morgan fingerprint density at radius 3 is 2.43 bits per heavy atom. The van der Waals surface area contributed by atoms with Crippen LogP contribution in [0.2, 0.25) is 0 Å². The molecule has 8 heteroatoms. The Labute approximate surface area is 183 Å². The van der Waals surface area contributed by atoms with E-state index in [0.717, 1.165) is 0 Å². The summed E-state index contributed by atoms with van der Waals surface area (Å²) in [6, 6.07) is 20.3. The summed E-state index contributed by atoms with van der Waals surface area (Å²) in [5, 5.41) is 2.78. The number of amides is 1. The number of para-hydroxylation sites is 2. The molecule has 1 aliphatic rings. The molecule has 1 amide bonds. The maximum atomic E-state index is 13.3. The summed E-state index contributed by atoms with van der Waals surface area (Å²) in [6.45, 7) is 2.05. The molecule has 0 bridgehead atoms. The number of hydrogen-bond donors (Lipinski definition) is 1. The van der Waals surface area contributed by atoms with Crippen molar-refractivity contribution in [3.8, 4) is 5.75 Å². The third-order valence-corrected chi connectivity index (χ3v) is 7.19. The first-order chi connectivity index (χ1) is 14.4. The van der Waals surface area contributed by atoms with Gasteiger partial charge in [-0.2, -0.15) is 0 Å². The number of carbonyl (C=O) groups is 1. The summed E-state index contributed by atoms with van der Waals surface area (Å²) in [7, 11) is -3.78. The van der Waals surface area contributed by atoms with Gasteiger partial charge in [-0.15, -0.1) is 0 Å². The number of fused-ring (bicyclic) bond motifs is 1. The van der Waals surface area contributed by atoms with Gasteiger partial charge in [0.05, 0.1) is 22.7 Å². The molecule has 1 heterocycles. The highest BCUT2D eigenvalue weighted by molar-refractivity contribution is 9.10. The van der Waals surface area contributed by atoms with E-state index in [1.54, 1.807) is 48.5 Å². The molecular formula is C22H19BrN2O4S. The Bertz CT molecular complexity index is 1200. The molecule has 3 aromatic rings. The molecular weight excluding hydrogens is 468 g/mol. The topological polar surface area (TPSA) is 75.7 Å². The first kappa shape index (κ1) is 20.4. The number of carbonyl (C=O) groups excluding carboxylic acids is 1. The van der Waals surface area contributed by atoms with Crippen LogP contribution >= 0.6 is 15.9 Å². The average Bonchev–Trinajstić information content (AvgIpc) is 2.73. The fourth-order valence-electron chi connectivity index (χ4n) is 3.26. The molecule has 1 atom stereocenters. The molecule has 0 saturated heterocycles. The van der Waals surface area contributed by atoms with Gasteiger partial charge in [0.2, 0.25) is 0 Å². The molecule has 3 aromatic carbocycles. The monoisotopic (exact) mass is 486 g/mol. The number of halogens is 1. The minimum Gasteiger partial charge on any atom is -0.487 e. The summed E-state index contributed by atoms with van der Waals surface area (Å²) >= 11 is 3.35. The van der Waals surface area contributed by atoms with Crippen LogP contribution < -0.4 is 14.4 Å². The van der Waals surface area contributed by atoms with Crippen molar-refractivity contribution in [2.45, 2.75) is 17.9 Å². The second-order valence-corrected chi connectivity index (χ2v) is 9.61. The van der Waals surface area contributed by atoms with Crippen molar-refractivity contribution in [3.05, 3.63) is 82.8 Å². The predicted molar refractivity (Wildman–Crippen MR) is 120 cm³/mol. The van der Waals surface area contributed by atoms with E-state index >= 15 is 0 Å². The number of hydrogen-bond acceptors (Lipinski definition) is 4. The third-order valence-electron chi connectivity index (χ3n) is 4.70. The molecule has 154 valence electrons. The van der Waals surface area contributed by atoms with Crippen molar-refractivity contribution >= 4 is 43.2 Å². The smallest absolute Gasteiger partial charge is 0.264 e. The summed E-state index contributed by atoms with van der Waals surface area (Å²) in [4.78, 5) is 12.6. The molecule has 0 spiro atoms. The summed E-state index contributed by atoms with van der Waals surface area (Å²) in [5.41, 5.74) is 1.51. The lowest BCUT2D eigenvalue weighted by atomic mass is 10.2. The largest absolute Gasteiger partial charge is 0.487 e. The van der Waals surface area contributed by atoms with Crippen molar-refractivity contribution in [2.75, 3.05) is 16.2 Å². The lowest BCUT2D eigenvalue weighted by Gasteiger charge is -2.34. The predicted octanol–water partition coefficient (Wildman–Crippen LogP) is 4.68. The number of rotatable bonds is 4. The van der Waals surface area contributed by atoms with Gasteiger partial charge in [0, 0.05) is 10.2 Å². The first-order valence-corrected chi connectivity index (χ1v) is 11.5. The molecule has 0 aromatic heterocycles. The molecule has 0 unspecified atom stereocenters. The number of nitrogens with zero attached hydrogens (tertiary/aromatic N) is 1. The SMILES string of the molecule is C[C@H]1CN(S(=O)(=O)c2ccc(NC(=O)c3ccccc3Br)cc2)c2ccccc2O1. The minimum atomic E-state index is -3.78. The van der Waals surface area contributed by atoms with Crippen molar-refractivity contribution < 1.29 is 17.9 Å². The normalized spacial score (nSPS) is 15.8. The molecule has 0 saturated carbocycles. The van der Waals surface area contributed by atoms with Gasteiger partial charge in [0.25, 0.3) is 15.9 Å². The number of anilines is 2.